The van der Waals surface area contributed by atoms with Crippen molar-refractivity contribution in [2.24, 2.45) is 5.10 Å². The molecular weight excluding hydrogens is 331 g/mol. The van der Waals surface area contributed by atoms with E-state index in [4.69, 9.17) is 34.8 Å². The van der Waals surface area contributed by atoms with Crippen LogP contribution in [0.25, 0.3) is 0 Å². The van der Waals surface area contributed by atoms with Crippen LogP contribution in [0.15, 0.2) is 17.2 Å². The summed E-state index contributed by atoms with van der Waals surface area (Å²) in [5, 5.41) is 5.95. The highest BCUT2D eigenvalue weighted by Gasteiger charge is 2.20. The molecule has 1 saturated heterocycles. The number of nitrogens with one attached hydrogen (secondary N) is 1. The van der Waals surface area contributed by atoms with E-state index in [-0.39, 0.29) is 4.58 Å². The van der Waals surface area contributed by atoms with E-state index >= 15 is 0 Å². The Kier molecular flexibility index (Phi) is 5.39. The first-order valence-corrected chi connectivity index (χ1v) is 8.49. The second-order valence-electron chi connectivity index (χ2n) is 3.68. The van der Waals surface area contributed by atoms with Gasteiger partial charge in [0.15, 0.2) is 0 Å². The van der Waals surface area contributed by atoms with Gasteiger partial charge in [-0.25, -0.2) is 0 Å². The van der Waals surface area contributed by atoms with Crippen molar-refractivity contribution in [3.8, 4) is 0 Å². The Labute approximate surface area is 130 Å². The Morgan fingerprint density at radius 2 is 2.00 bits per heavy atom. The zero-order chi connectivity index (χ0) is 13.1. The smallest absolute Gasteiger partial charge is 0.149 e. The van der Waals surface area contributed by atoms with E-state index in [0.717, 1.165) is 22.8 Å². The van der Waals surface area contributed by atoms with E-state index in [1.165, 1.54) is 0 Å². The number of rotatable bonds is 3. The van der Waals surface area contributed by atoms with E-state index < -0.39 is 0 Å². The second kappa shape index (κ2) is 6.62. The third-order valence-corrected chi connectivity index (χ3v) is 6.59. The molecule has 2 rings (SSSR count). The van der Waals surface area contributed by atoms with Crippen LogP contribution in [0.3, 0.4) is 0 Å². The maximum Gasteiger partial charge on any atom is 0.149 e. The number of hydrogen-bond donors (Lipinski definition) is 1. The summed E-state index contributed by atoms with van der Waals surface area (Å²) in [6.45, 7) is 1.91. The molecule has 0 radical (unpaired) electrons. The average Bonchev–Trinajstić information content (AvgIpc) is 2.85. The molecule has 0 aromatic heterocycles. The minimum Gasteiger partial charge on any atom is -0.277 e. The van der Waals surface area contributed by atoms with Crippen LogP contribution in [0.1, 0.15) is 5.56 Å². The van der Waals surface area contributed by atoms with Crippen LogP contribution in [-0.2, 0) is 0 Å². The summed E-state index contributed by atoms with van der Waals surface area (Å²) in [5.41, 5.74) is 4.61. The van der Waals surface area contributed by atoms with E-state index in [1.807, 2.05) is 6.92 Å². The second-order valence-corrected chi connectivity index (χ2v) is 7.64. The molecule has 1 aliphatic heterocycles. The zero-order valence-electron chi connectivity index (χ0n) is 9.54. The molecule has 0 unspecified atom stereocenters. The van der Waals surface area contributed by atoms with Gasteiger partial charge in [-0.2, -0.15) is 5.10 Å². The summed E-state index contributed by atoms with van der Waals surface area (Å²) in [7, 11) is 0. The Morgan fingerprint density at radius 3 is 2.67 bits per heavy atom. The van der Waals surface area contributed by atoms with E-state index in [1.54, 1.807) is 35.7 Å². The van der Waals surface area contributed by atoms with Gasteiger partial charge in [-0.3, -0.25) is 5.43 Å². The zero-order valence-corrected chi connectivity index (χ0v) is 13.4. The fourth-order valence-corrected chi connectivity index (χ4v) is 4.88. The topological polar surface area (TPSA) is 24.4 Å². The maximum atomic E-state index is 6.15. The molecule has 1 heterocycles. The summed E-state index contributed by atoms with van der Waals surface area (Å²) in [6.07, 6.45) is 0. The highest BCUT2D eigenvalue weighted by atomic mass is 35.5. The molecule has 0 spiro atoms. The van der Waals surface area contributed by atoms with Crippen molar-refractivity contribution in [1.82, 2.24) is 0 Å². The van der Waals surface area contributed by atoms with Gasteiger partial charge < -0.3 is 0 Å². The molecule has 18 heavy (non-hydrogen) atoms. The lowest BCUT2D eigenvalue weighted by Gasteiger charge is -2.09. The fourth-order valence-electron chi connectivity index (χ4n) is 1.42. The summed E-state index contributed by atoms with van der Waals surface area (Å²) < 4.78 is 0.231. The molecule has 1 aliphatic rings. The van der Waals surface area contributed by atoms with Gasteiger partial charge in [0.25, 0.3) is 0 Å². The van der Waals surface area contributed by atoms with Crippen molar-refractivity contribution in [2.45, 2.75) is 11.5 Å². The first-order chi connectivity index (χ1) is 8.58. The number of hydrazone groups is 1. The molecule has 0 saturated carbocycles. The van der Waals surface area contributed by atoms with Crippen molar-refractivity contribution in [3.63, 3.8) is 0 Å². The average molecular weight is 342 g/mol. The molecule has 1 N–H and O–H groups in total. The van der Waals surface area contributed by atoms with Crippen LogP contribution in [-0.4, -0.2) is 21.3 Å². The van der Waals surface area contributed by atoms with Gasteiger partial charge in [0, 0.05) is 21.6 Å². The lowest BCUT2D eigenvalue weighted by molar-refractivity contribution is 1.30. The number of halogens is 3. The first-order valence-electron chi connectivity index (χ1n) is 5.26. The number of anilines is 1. The van der Waals surface area contributed by atoms with Gasteiger partial charge in [0.1, 0.15) is 9.75 Å². The molecule has 98 valence electrons. The van der Waals surface area contributed by atoms with Gasteiger partial charge in [-0.05, 0) is 24.6 Å². The minimum absolute atomic E-state index is 0.231. The standard InChI is InChI=1S/C11H11Cl3N2S2/c1-6-8(13)4-7(12)5-9(6)15-16-10(14)11-17-2-3-18-11/h4-5,11,15H,2-3H2,1H3. The van der Waals surface area contributed by atoms with Crippen molar-refractivity contribution in [2.75, 3.05) is 16.9 Å². The minimum atomic E-state index is 0.231. The predicted molar refractivity (Wildman–Crippen MR) is 86.8 cm³/mol. The number of hydrogen-bond acceptors (Lipinski definition) is 4. The Bertz CT molecular complexity index is 474. The Hall–Kier alpha value is 0.260. The summed E-state index contributed by atoms with van der Waals surface area (Å²) in [6, 6.07) is 3.49. The normalized spacial score (nSPS) is 17.2. The van der Waals surface area contributed by atoms with E-state index in [2.05, 4.69) is 10.5 Å². The fraction of sp³-hybridized carbons (Fsp3) is 0.364. The summed E-state index contributed by atoms with van der Waals surface area (Å²) >= 11 is 21.8. The lowest BCUT2D eigenvalue weighted by atomic mass is 10.2. The van der Waals surface area contributed by atoms with Crippen LogP contribution in [0.5, 0.6) is 0 Å². The third-order valence-electron chi connectivity index (χ3n) is 2.41. The highest BCUT2D eigenvalue weighted by Crippen LogP contribution is 2.34. The maximum absolute atomic E-state index is 6.15. The first kappa shape index (κ1) is 14.7. The Balaban J connectivity index is 2.11. The van der Waals surface area contributed by atoms with Crippen LogP contribution in [0.2, 0.25) is 10.0 Å². The van der Waals surface area contributed by atoms with Crippen LogP contribution < -0.4 is 5.43 Å². The molecular formula is C11H11Cl3N2S2. The highest BCUT2D eigenvalue weighted by molar-refractivity contribution is 8.21. The van der Waals surface area contributed by atoms with Crippen molar-refractivity contribution in [3.05, 3.63) is 27.7 Å². The molecule has 0 aliphatic carbocycles. The van der Waals surface area contributed by atoms with Gasteiger partial charge in [0.2, 0.25) is 0 Å². The Morgan fingerprint density at radius 1 is 1.33 bits per heavy atom. The third kappa shape index (κ3) is 3.64. The summed E-state index contributed by atoms with van der Waals surface area (Å²) in [4.78, 5) is 0. The number of thioether (sulfide) groups is 2. The molecule has 0 bridgehead atoms. The van der Waals surface area contributed by atoms with Gasteiger partial charge in [-0.15, -0.1) is 23.5 Å². The molecule has 7 heteroatoms. The van der Waals surface area contributed by atoms with Gasteiger partial charge in [-0.1, -0.05) is 34.8 Å². The van der Waals surface area contributed by atoms with Crippen LogP contribution in [0, 0.1) is 6.92 Å². The molecule has 2 nitrogen and oxygen atoms in total. The molecule has 0 amide bonds. The van der Waals surface area contributed by atoms with Crippen molar-refractivity contribution >= 4 is 69.2 Å². The molecule has 0 atom stereocenters. The monoisotopic (exact) mass is 340 g/mol. The van der Waals surface area contributed by atoms with Crippen molar-refractivity contribution < 1.29 is 0 Å². The molecule has 1 fully saturated rings. The van der Waals surface area contributed by atoms with Crippen LogP contribution >= 0.6 is 58.3 Å². The largest absolute Gasteiger partial charge is 0.277 e. The van der Waals surface area contributed by atoms with E-state index in [9.17, 15) is 0 Å². The van der Waals surface area contributed by atoms with E-state index in [0.29, 0.717) is 15.2 Å². The predicted octanol–water partition coefficient (Wildman–Crippen LogP) is 5.07. The van der Waals surface area contributed by atoms with Crippen molar-refractivity contribution in [1.29, 1.82) is 0 Å². The van der Waals surface area contributed by atoms with Gasteiger partial charge in [0.05, 0.1) is 5.69 Å². The SMILES string of the molecule is Cc1c(Cl)cc(Cl)cc1NN=C(Cl)C1SCCS1. The number of nitrogens with zero attached hydrogens (tertiary/aromatic N) is 1. The molecule has 1 aromatic carbocycles. The quantitative estimate of drug-likeness (QED) is 0.613. The summed E-state index contributed by atoms with van der Waals surface area (Å²) in [5.74, 6) is 2.23. The lowest BCUT2D eigenvalue weighted by Crippen LogP contribution is -2.06. The number of benzene rings is 1. The van der Waals surface area contributed by atoms with Gasteiger partial charge >= 0.3 is 0 Å². The molecule has 1 aromatic rings. The van der Waals surface area contributed by atoms with Crippen LogP contribution in [0.4, 0.5) is 5.69 Å².